The molecule has 2 aromatic carbocycles. The molecule has 0 spiro atoms. The highest BCUT2D eigenvalue weighted by molar-refractivity contribution is 5.84. The van der Waals surface area contributed by atoms with Gasteiger partial charge in [-0.1, -0.05) is 54.6 Å². The van der Waals surface area contributed by atoms with E-state index in [9.17, 15) is 14.7 Å². The average Bonchev–Trinajstić information content (AvgIpc) is 3.06. The van der Waals surface area contributed by atoms with Crippen LogP contribution in [-0.4, -0.2) is 34.3 Å². The molecule has 152 valence electrons. The maximum absolute atomic E-state index is 12.5. The fourth-order valence-electron chi connectivity index (χ4n) is 3.94. The lowest BCUT2D eigenvalue weighted by atomic mass is 9.94. The molecule has 1 heterocycles. The molecule has 0 saturated heterocycles. The van der Waals surface area contributed by atoms with Gasteiger partial charge in [-0.15, -0.1) is 0 Å². The van der Waals surface area contributed by atoms with E-state index in [2.05, 4.69) is 22.4 Å². The zero-order chi connectivity index (χ0) is 21.1. The van der Waals surface area contributed by atoms with Gasteiger partial charge in [0.05, 0.1) is 0 Å². The van der Waals surface area contributed by atoms with Gasteiger partial charge in [0.2, 0.25) is 0 Å². The fourth-order valence-corrected chi connectivity index (χ4v) is 3.94. The first-order chi connectivity index (χ1) is 14.5. The van der Waals surface area contributed by atoms with Crippen LogP contribution >= 0.6 is 0 Å². The molecule has 0 unspecified atom stereocenters. The number of pyridine rings is 1. The Morgan fingerprint density at radius 3 is 2.23 bits per heavy atom. The molecule has 4 rings (SSSR count). The summed E-state index contributed by atoms with van der Waals surface area (Å²) in [6.07, 6.45) is 2.53. The Labute approximate surface area is 174 Å². The number of carbonyl (C=O) groups excluding carboxylic acids is 1. The van der Waals surface area contributed by atoms with Crippen molar-refractivity contribution in [2.75, 3.05) is 6.61 Å². The van der Waals surface area contributed by atoms with E-state index in [0.717, 1.165) is 22.3 Å². The van der Waals surface area contributed by atoms with Gasteiger partial charge in [-0.25, -0.2) is 9.59 Å². The molecular weight excluding hydrogens is 380 g/mol. The Kier molecular flexibility index (Phi) is 5.23. The summed E-state index contributed by atoms with van der Waals surface area (Å²) in [5, 5.41) is 12.2. The van der Waals surface area contributed by atoms with Gasteiger partial charge >= 0.3 is 12.1 Å². The number of hydrogen-bond acceptors (Lipinski definition) is 4. The number of nitrogens with zero attached hydrogens (tertiary/aromatic N) is 1. The van der Waals surface area contributed by atoms with Gasteiger partial charge in [0.1, 0.15) is 12.1 Å². The molecule has 0 bridgehead atoms. The predicted octanol–water partition coefficient (Wildman–Crippen LogP) is 4.01. The zero-order valence-corrected chi connectivity index (χ0v) is 16.5. The van der Waals surface area contributed by atoms with E-state index in [-0.39, 0.29) is 18.9 Å². The maximum atomic E-state index is 12.5. The van der Waals surface area contributed by atoms with Crippen molar-refractivity contribution in [2.24, 2.45) is 0 Å². The Morgan fingerprint density at radius 2 is 1.67 bits per heavy atom. The van der Waals surface area contributed by atoms with Crippen molar-refractivity contribution >= 4 is 12.1 Å². The maximum Gasteiger partial charge on any atom is 0.408 e. The van der Waals surface area contributed by atoms with Crippen molar-refractivity contribution in [2.45, 2.75) is 24.8 Å². The summed E-state index contributed by atoms with van der Waals surface area (Å²) in [5.74, 6) is -1.22. The lowest BCUT2D eigenvalue weighted by Crippen LogP contribution is -2.54. The SMILES string of the molecule is C[C@@](Cc1cccnc1)(NC(=O)OCC1c2ccccc2-c2ccccc21)C(=O)O. The smallest absolute Gasteiger partial charge is 0.408 e. The molecule has 1 aromatic heterocycles. The molecule has 1 aliphatic rings. The minimum atomic E-state index is -1.51. The number of aliphatic carboxylic acids is 1. The number of carboxylic acids is 1. The number of carboxylic acid groups (broad SMARTS) is 1. The lowest BCUT2D eigenvalue weighted by molar-refractivity contribution is -0.143. The lowest BCUT2D eigenvalue weighted by Gasteiger charge is -2.26. The number of aromatic nitrogens is 1. The van der Waals surface area contributed by atoms with E-state index in [1.54, 1.807) is 24.5 Å². The van der Waals surface area contributed by atoms with Crippen molar-refractivity contribution in [3.63, 3.8) is 0 Å². The highest BCUT2D eigenvalue weighted by Crippen LogP contribution is 2.44. The minimum absolute atomic E-state index is 0.0856. The highest BCUT2D eigenvalue weighted by Gasteiger charge is 2.36. The first kappa shape index (κ1) is 19.6. The van der Waals surface area contributed by atoms with Gasteiger partial charge in [-0.3, -0.25) is 4.98 Å². The van der Waals surface area contributed by atoms with E-state index in [4.69, 9.17) is 4.74 Å². The summed E-state index contributed by atoms with van der Waals surface area (Å²) >= 11 is 0. The topological polar surface area (TPSA) is 88.5 Å². The molecule has 0 aliphatic heterocycles. The largest absolute Gasteiger partial charge is 0.480 e. The van der Waals surface area contributed by atoms with Gasteiger partial charge in [-0.2, -0.15) is 0 Å². The van der Waals surface area contributed by atoms with Crippen LogP contribution in [0.4, 0.5) is 4.79 Å². The van der Waals surface area contributed by atoms with Crippen molar-refractivity contribution in [3.05, 3.63) is 89.7 Å². The summed E-state index contributed by atoms with van der Waals surface area (Å²) in [6, 6.07) is 19.6. The number of carbonyl (C=O) groups is 2. The van der Waals surface area contributed by atoms with Gasteiger partial charge in [0.25, 0.3) is 0 Å². The molecule has 2 N–H and O–H groups in total. The van der Waals surface area contributed by atoms with Crippen molar-refractivity contribution in [1.82, 2.24) is 10.3 Å². The first-order valence-electron chi connectivity index (χ1n) is 9.73. The molecule has 3 aromatic rings. The van der Waals surface area contributed by atoms with Crippen LogP contribution in [0.5, 0.6) is 0 Å². The standard InChI is InChI=1S/C24H22N2O4/c1-24(22(27)28,13-16-7-6-12-25-14-16)26-23(29)30-15-21-19-10-4-2-8-17(19)18-9-3-5-11-20(18)21/h2-12,14,21H,13,15H2,1H3,(H,26,29)(H,27,28)/t24-/m0/s1. The van der Waals surface area contributed by atoms with Gasteiger partial charge in [0.15, 0.2) is 0 Å². The monoisotopic (exact) mass is 402 g/mol. The summed E-state index contributed by atoms with van der Waals surface area (Å²) in [7, 11) is 0. The van der Waals surface area contributed by atoms with Crippen LogP contribution in [0, 0.1) is 0 Å². The van der Waals surface area contributed by atoms with Crippen LogP contribution in [0.15, 0.2) is 73.1 Å². The number of hydrogen-bond donors (Lipinski definition) is 2. The second-order valence-corrected chi connectivity index (χ2v) is 7.63. The first-order valence-corrected chi connectivity index (χ1v) is 9.73. The number of fused-ring (bicyclic) bond motifs is 3. The second kappa shape index (κ2) is 7.99. The summed E-state index contributed by atoms with van der Waals surface area (Å²) in [6.45, 7) is 1.59. The van der Waals surface area contributed by atoms with E-state index < -0.39 is 17.6 Å². The number of ether oxygens (including phenoxy) is 1. The van der Waals surface area contributed by atoms with Crippen molar-refractivity contribution in [1.29, 1.82) is 0 Å². The predicted molar refractivity (Wildman–Crippen MR) is 112 cm³/mol. The normalized spacial score (nSPS) is 14.3. The van der Waals surface area contributed by atoms with Gasteiger partial charge in [-0.05, 0) is 40.8 Å². The third kappa shape index (κ3) is 3.76. The van der Waals surface area contributed by atoms with E-state index in [0.29, 0.717) is 5.56 Å². The van der Waals surface area contributed by atoms with Crippen LogP contribution in [0.3, 0.4) is 0 Å². The summed E-state index contributed by atoms with van der Waals surface area (Å²) < 4.78 is 5.49. The van der Waals surface area contributed by atoms with Crippen LogP contribution in [0.2, 0.25) is 0 Å². The van der Waals surface area contributed by atoms with Crippen LogP contribution < -0.4 is 5.32 Å². The molecule has 0 fully saturated rings. The second-order valence-electron chi connectivity index (χ2n) is 7.63. The molecule has 0 saturated carbocycles. The van der Waals surface area contributed by atoms with Crippen LogP contribution in [0.1, 0.15) is 29.5 Å². The number of nitrogens with one attached hydrogen (secondary N) is 1. The highest BCUT2D eigenvalue weighted by atomic mass is 16.5. The average molecular weight is 402 g/mol. The number of benzene rings is 2. The van der Waals surface area contributed by atoms with Crippen LogP contribution in [0.25, 0.3) is 11.1 Å². The molecule has 1 atom stereocenters. The molecule has 6 nitrogen and oxygen atoms in total. The summed E-state index contributed by atoms with van der Waals surface area (Å²) in [5.41, 5.74) is 3.67. The molecular formula is C24H22N2O4. The van der Waals surface area contributed by atoms with Crippen molar-refractivity contribution < 1.29 is 19.4 Å². The molecule has 1 amide bonds. The Hall–Kier alpha value is -3.67. The quantitative estimate of drug-likeness (QED) is 0.650. The molecule has 6 heteroatoms. The number of amides is 1. The Morgan fingerprint density at radius 1 is 1.03 bits per heavy atom. The third-order valence-electron chi connectivity index (χ3n) is 5.47. The van der Waals surface area contributed by atoms with Gasteiger partial charge in [0, 0.05) is 24.7 Å². The molecule has 1 aliphatic carbocycles. The number of rotatable bonds is 6. The molecule has 0 radical (unpaired) electrons. The van der Waals surface area contributed by atoms with Crippen molar-refractivity contribution in [3.8, 4) is 11.1 Å². The molecule has 30 heavy (non-hydrogen) atoms. The Balaban J connectivity index is 1.47. The zero-order valence-electron chi connectivity index (χ0n) is 16.5. The number of alkyl carbamates (subject to hydrolysis) is 1. The minimum Gasteiger partial charge on any atom is -0.480 e. The third-order valence-corrected chi connectivity index (χ3v) is 5.47. The van der Waals surface area contributed by atoms with E-state index in [1.165, 1.54) is 6.92 Å². The Bertz CT molecular complexity index is 1040. The van der Waals surface area contributed by atoms with Gasteiger partial charge < -0.3 is 15.2 Å². The van der Waals surface area contributed by atoms with Crippen LogP contribution in [-0.2, 0) is 16.0 Å². The van der Waals surface area contributed by atoms with E-state index in [1.807, 2.05) is 36.4 Å². The fraction of sp³-hybridized carbons (Fsp3) is 0.208. The van der Waals surface area contributed by atoms with E-state index >= 15 is 0 Å². The summed E-state index contributed by atoms with van der Waals surface area (Å²) in [4.78, 5) is 28.4.